The molecule has 0 bridgehead atoms. The van der Waals surface area contributed by atoms with E-state index in [1.54, 1.807) is 11.7 Å². The number of nitrogens with zero attached hydrogens (tertiary/aromatic N) is 2. The summed E-state index contributed by atoms with van der Waals surface area (Å²) in [5, 5.41) is 7.01. The normalized spacial score (nSPS) is 10.6. The molecule has 0 atom stereocenters. The molecule has 1 aromatic heterocycles. The van der Waals surface area contributed by atoms with Crippen molar-refractivity contribution in [3.63, 3.8) is 0 Å². The molecule has 7 heteroatoms. The number of hydrogen-bond acceptors (Lipinski definition) is 3. The summed E-state index contributed by atoms with van der Waals surface area (Å²) in [6.07, 6.45) is 1.82. The average molecular weight is 296 g/mol. The molecule has 0 fully saturated rings. The number of benzene rings is 1. The van der Waals surface area contributed by atoms with Gasteiger partial charge in [0.2, 0.25) is 0 Å². The van der Waals surface area contributed by atoms with E-state index in [1.165, 1.54) is 12.1 Å². The van der Waals surface area contributed by atoms with Crippen molar-refractivity contribution in [3.05, 3.63) is 46.8 Å². The van der Waals surface area contributed by atoms with Gasteiger partial charge in [0.05, 0.1) is 11.4 Å². The summed E-state index contributed by atoms with van der Waals surface area (Å²) in [5.41, 5.74) is 7.02. The van der Waals surface area contributed by atoms with E-state index in [9.17, 15) is 8.78 Å². The summed E-state index contributed by atoms with van der Waals surface area (Å²) in [6, 6.07) is 2.78. The molecule has 4 nitrogen and oxygen atoms in total. The highest BCUT2D eigenvalue weighted by Crippen LogP contribution is 2.21. The summed E-state index contributed by atoms with van der Waals surface area (Å²) in [7, 11) is 1.80. The molecule has 1 heterocycles. The third-order valence-electron chi connectivity index (χ3n) is 2.93. The van der Waals surface area contributed by atoms with E-state index in [2.05, 4.69) is 22.6 Å². The van der Waals surface area contributed by atoms with Crippen LogP contribution in [0.4, 0.5) is 14.5 Å². The van der Waals surface area contributed by atoms with Gasteiger partial charge in [-0.15, -0.1) is 0 Å². The molecule has 0 amide bonds. The molecule has 0 aliphatic heterocycles. The zero-order valence-electron chi connectivity index (χ0n) is 11.1. The molecule has 0 saturated carbocycles. The Bertz CT molecular complexity index is 667. The van der Waals surface area contributed by atoms with Gasteiger partial charge < -0.3 is 11.1 Å². The van der Waals surface area contributed by atoms with E-state index in [4.69, 9.17) is 5.73 Å². The summed E-state index contributed by atoms with van der Waals surface area (Å²) >= 11 is 4.65. The van der Waals surface area contributed by atoms with Gasteiger partial charge in [-0.05, 0) is 19.1 Å². The molecule has 2 rings (SSSR count). The van der Waals surface area contributed by atoms with E-state index < -0.39 is 11.6 Å². The fourth-order valence-corrected chi connectivity index (χ4v) is 2.05. The van der Waals surface area contributed by atoms with Crippen molar-refractivity contribution >= 4 is 22.9 Å². The van der Waals surface area contributed by atoms with Crippen molar-refractivity contribution in [3.8, 4) is 0 Å². The number of halogens is 2. The van der Waals surface area contributed by atoms with E-state index in [0.717, 1.165) is 11.3 Å². The molecule has 0 radical (unpaired) electrons. The van der Waals surface area contributed by atoms with Crippen molar-refractivity contribution in [1.29, 1.82) is 0 Å². The fraction of sp³-hybridized carbons (Fsp3) is 0.231. The molecule has 0 spiro atoms. The van der Waals surface area contributed by atoms with Gasteiger partial charge in [-0.3, -0.25) is 4.68 Å². The van der Waals surface area contributed by atoms with Crippen LogP contribution in [0.2, 0.25) is 0 Å². The van der Waals surface area contributed by atoms with Crippen LogP contribution in [0.3, 0.4) is 0 Å². The molecule has 2 aromatic rings. The van der Waals surface area contributed by atoms with Crippen LogP contribution in [0.5, 0.6) is 0 Å². The Balaban J connectivity index is 2.20. The first-order chi connectivity index (χ1) is 9.40. The third-order valence-corrected chi connectivity index (χ3v) is 3.15. The van der Waals surface area contributed by atoms with E-state index in [-0.39, 0.29) is 16.2 Å². The van der Waals surface area contributed by atoms with Gasteiger partial charge in [-0.25, -0.2) is 8.78 Å². The Hall–Kier alpha value is -2.02. The standard InChI is InChI=1S/C13H14F2N4S/c1-7-8(6-19(2)18-7)5-17-10-4-3-9(13(16)20)11(14)12(10)15/h3-4,6,17H,5H2,1-2H3,(H2,16,20). The molecule has 0 aliphatic rings. The molecular formula is C13H14F2N4S. The van der Waals surface area contributed by atoms with Gasteiger partial charge in [0.15, 0.2) is 11.6 Å². The molecule has 1 aromatic carbocycles. The predicted molar refractivity (Wildman–Crippen MR) is 77.5 cm³/mol. The molecule has 0 saturated heterocycles. The minimum absolute atomic E-state index is 0.0609. The average Bonchev–Trinajstić information content (AvgIpc) is 2.69. The van der Waals surface area contributed by atoms with Crippen LogP contribution < -0.4 is 11.1 Å². The predicted octanol–water partition coefficient (Wildman–Crippen LogP) is 2.25. The van der Waals surface area contributed by atoms with Gasteiger partial charge >= 0.3 is 0 Å². The fourth-order valence-electron chi connectivity index (χ4n) is 1.89. The smallest absolute Gasteiger partial charge is 0.182 e. The number of aromatic nitrogens is 2. The highest BCUT2D eigenvalue weighted by molar-refractivity contribution is 7.80. The lowest BCUT2D eigenvalue weighted by Gasteiger charge is -2.09. The van der Waals surface area contributed by atoms with Gasteiger partial charge in [-0.1, -0.05) is 12.2 Å². The van der Waals surface area contributed by atoms with Crippen molar-refractivity contribution < 1.29 is 8.78 Å². The quantitative estimate of drug-likeness (QED) is 0.850. The van der Waals surface area contributed by atoms with Crippen LogP contribution in [0.25, 0.3) is 0 Å². The Kier molecular flexibility index (Phi) is 3.99. The second-order valence-electron chi connectivity index (χ2n) is 4.42. The summed E-state index contributed by atoms with van der Waals surface area (Å²) < 4.78 is 29.2. The molecule has 106 valence electrons. The lowest BCUT2D eigenvalue weighted by molar-refractivity contribution is 0.509. The lowest BCUT2D eigenvalue weighted by atomic mass is 10.1. The van der Waals surface area contributed by atoms with Crippen LogP contribution in [-0.2, 0) is 13.6 Å². The Morgan fingerprint density at radius 1 is 1.40 bits per heavy atom. The number of aryl methyl sites for hydroxylation is 2. The Labute approximate surface area is 120 Å². The second kappa shape index (κ2) is 5.54. The topological polar surface area (TPSA) is 55.9 Å². The van der Waals surface area contributed by atoms with Crippen molar-refractivity contribution in [1.82, 2.24) is 9.78 Å². The monoisotopic (exact) mass is 296 g/mol. The number of rotatable bonds is 4. The van der Waals surface area contributed by atoms with Crippen molar-refractivity contribution in [2.24, 2.45) is 12.8 Å². The van der Waals surface area contributed by atoms with E-state index in [1.807, 2.05) is 13.1 Å². The highest BCUT2D eigenvalue weighted by atomic mass is 32.1. The third kappa shape index (κ3) is 2.77. The maximum absolute atomic E-state index is 13.9. The second-order valence-corrected chi connectivity index (χ2v) is 4.86. The Morgan fingerprint density at radius 3 is 2.65 bits per heavy atom. The van der Waals surface area contributed by atoms with Crippen LogP contribution in [0, 0.1) is 18.6 Å². The first kappa shape index (κ1) is 14.4. The van der Waals surface area contributed by atoms with E-state index >= 15 is 0 Å². The minimum Gasteiger partial charge on any atom is -0.389 e. The Morgan fingerprint density at radius 2 is 2.10 bits per heavy atom. The van der Waals surface area contributed by atoms with Gasteiger partial charge in [-0.2, -0.15) is 5.10 Å². The van der Waals surface area contributed by atoms with Gasteiger partial charge in [0, 0.05) is 30.9 Å². The zero-order chi connectivity index (χ0) is 14.9. The van der Waals surface area contributed by atoms with Gasteiger partial charge in [0.1, 0.15) is 4.99 Å². The van der Waals surface area contributed by atoms with Gasteiger partial charge in [0.25, 0.3) is 0 Å². The molecule has 0 unspecified atom stereocenters. The summed E-state index contributed by atoms with van der Waals surface area (Å²) in [4.78, 5) is -0.170. The largest absolute Gasteiger partial charge is 0.389 e. The molecular weight excluding hydrogens is 282 g/mol. The van der Waals surface area contributed by atoms with Crippen LogP contribution >= 0.6 is 12.2 Å². The zero-order valence-corrected chi connectivity index (χ0v) is 11.9. The van der Waals surface area contributed by atoms with E-state index in [0.29, 0.717) is 6.54 Å². The van der Waals surface area contributed by atoms with Crippen molar-refractivity contribution in [2.45, 2.75) is 13.5 Å². The van der Waals surface area contributed by atoms with Crippen LogP contribution in [-0.4, -0.2) is 14.8 Å². The highest BCUT2D eigenvalue weighted by Gasteiger charge is 2.15. The molecule has 0 aliphatic carbocycles. The maximum Gasteiger partial charge on any atom is 0.182 e. The first-order valence-electron chi connectivity index (χ1n) is 5.91. The summed E-state index contributed by atoms with van der Waals surface area (Å²) in [5.74, 6) is -2.03. The SMILES string of the molecule is Cc1nn(C)cc1CNc1ccc(C(N)=S)c(F)c1F. The molecule has 20 heavy (non-hydrogen) atoms. The maximum atomic E-state index is 13.9. The van der Waals surface area contributed by atoms with Crippen LogP contribution in [0.15, 0.2) is 18.3 Å². The lowest BCUT2D eigenvalue weighted by Crippen LogP contribution is -2.14. The first-order valence-corrected chi connectivity index (χ1v) is 6.31. The number of anilines is 1. The van der Waals surface area contributed by atoms with Crippen molar-refractivity contribution in [2.75, 3.05) is 5.32 Å². The number of hydrogen-bond donors (Lipinski definition) is 2. The number of nitrogens with one attached hydrogen (secondary N) is 1. The molecule has 3 N–H and O–H groups in total. The number of thiocarbonyl (C=S) groups is 1. The summed E-state index contributed by atoms with van der Waals surface area (Å²) in [6.45, 7) is 2.20. The number of nitrogens with two attached hydrogens (primary N) is 1. The minimum atomic E-state index is -1.04. The van der Waals surface area contributed by atoms with Crippen LogP contribution in [0.1, 0.15) is 16.8 Å².